The lowest BCUT2D eigenvalue weighted by Gasteiger charge is -2.08. The van der Waals surface area contributed by atoms with Crippen LogP contribution < -0.4 is 10.5 Å². The molecule has 1 aromatic heterocycles. The summed E-state index contributed by atoms with van der Waals surface area (Å²) in [5, 5.41) is 7.46. The summed E-state index contributed by atoms with van der Waals surface area (Å²) in [6, 6.07) is 11.5. The first-order valence-electron chi connectivity index (χ1n) is 6.17. The highest BCUT2D eigenvalue weighted by molar-refractivity contribution is 5.96. The molecule has 2 aromatic rings. The van der Waals surface area contributed by atoms with E-state index < -0.39 is 0 Å². The molecule has 0 saturated carbocycles. The molecule has 19 heavy (non-hydrogen) atoms. The maximum Gasteiger partial charge on any atom is 0.124 e. The second-order valence-corrected chi connectivity index (χ2v) is 4.20. The Bertz CT molecular complexity index is 608. The average Bonchev–Trinajstić information content (AvgIpc) is 2.39. The average molecular weight is 255 g/mol. The van der Waals surface area contributed by atoms with Crippen molar-refractivity contribution >= 4 is 5.84 Å². The lowest BCUT2D eigenvalue weighted by atomic mass is 10.1. The van der Waals surface area contributed by atoms with Crippen LogP contribution in [0.3, 0.4) is 0 Å². The van der Waals surface area contributed by atoms with Crippen molar-refractivity contribution in [1.29, 1.82) is 5.41 Å². The largest absolute Gasteiger partial charge is 0.494 e. The predicted octanol–water partition coefficient (Wildman–Crippen LogP) is 2.74. The molecule has 1 heterocycles. The summed E-state index contributed by atoms with van der Waals surface area (Å²) in [4.78, 5) is 4.49. The van der Waals surface area contributed by atoms with E-state index in [2.05, 4.69) is 4.98 Å². The number of nitrogens with zero attached hydrogens (tertiary/aromatic N) is 1. The van der Waals surface area contributed by atoms with Gasteiger partial charge in [0, 0.05) is 16.8 Å². The molecule has 0 unspecified atom stereocenters. The molecule has 0 atom stereocenters. The van der Waals surface area contributed by atoms with Gasteiger partial charge in [-0.2, -0.15) is 0 Å². The second-order valence-electron chi connectivity index (χ2n) is 4.20. The zero-order chi connectivity index (χ0) is 13.8. The van der Waals surface area contributed by atoms with Crippen molar-refractivity contribution in [3.63, 3.8) is 0 Å². The molecule has 0 saturated heterocycles. The highest BCUT2D eigenvalue weighted by Crippen LogP contribution is 2.23. The van der Waals surface area contributed by atoms with Gasteiger partial charge in [-0.25, -0.2) is 0 Å². The number of nitrogen functional groups attached to an aromatic ring is 1. The Hall–Kier alpha value is -2.36. The van der Waals surface area contributed by atoms with Gasteiger partial charge in [0.15, 0.2) is 0 Å². The van der Waals surface area contributed by atoms with Crippen LogP contribution in [0.25, 0.3) is 11.3 Å². The van der Waals surface area contributed by atoms with E-state index in [4.69, 9.17) is 15.9 Å². The van der Waals surface area contributed by atoms with Gasteiger partial charge >= 0.3 is 0 Å². The standard InChI is InChI=1S/C15H17N3O/c1-3-19-12-6-4-5-11(9-12)14-8-7-13(15(16)17)10(2)18-14/h4-9H,3H2,1-2H3,(H3,16,17). The molecule has 4 nitrogen and oxygen atoms in total. The highest BCUT2D eigenvalue weighted by Gasteiger charge is 2.06. The van der Waals surface area contributed by atoms with Crippen LogP contribution in [0.5, 0.6) is 5.75 Å². The zero-order valence-electron chi connectivity index (χ0n) is 11.1. The summed E-state index contributed by atoms with van der Waals surface area (Å²) in [6.45, 7) is 4.45. The molecule has 3 N–H and O–H groups in total. The number of amidine groups is 1. The number of ether oxygens (including phenoxy) is 1. The zero-order valence-corrected chi connectivity index (χ0v) is 11.1. The van der Waals surface area contributed by atoms with Crippen molar-refractivity contribution in [2.75, 3.05) is 6.61 Å². The molecule has 0 radical (unpaired) electrons. The first-order chi connectivity index (χ1) is 9.11. The Balaban J connectivity index is 2.39. The van der Waals surface area contributed by atoms with E-state index in [1.807, 2.05) is 50.2 Å². The molecule has 2 rings (SSSR count). The van der Waals surface area contributed by atoms with Gasteiger partial charge in [-0.3, -0.25) is 10.4 Å². The van der Waals surface area contributed by atoms with Gasteiger partial charge < -0.3 is 10.5 Å². The SMILES string of the molecule is CCOc1cccc(-c2ccc(C(=N)N)c(C)n2)c1. The van der Waals surface area contributed by atoms with Gasteiger partial charge in [0.2, 0.25) is 0 Å². The van der Waals surface area contributed by atoms with Gasteiger partial charge in [-0.15, -0.1) is 0 Å². The summed E-state index contributed by atoms with van der Waals surface area (Å²) >= 11 is 0. The number of hydrogen-bond donors (Lipinski definition) is 2. The van der Waals surface area contributed by atoms with Gasteiger partial charge in [-0.05, 0) is 38.1 Å². The fraction of sp³-hybridized carbons (Fsp3) is 0.200. The van der Waals surface area contributed by atoms with Crippen molar-refractivity contribution < 1.29 is 4.74 Å². The van der Waals surface area contributed by atoms with Crippen LogP contribution in [-0.2, 0) is 0 Å². The van der Waals surface area contributed by atoms with Crippen LogP contribution in [0.15, 0.2) is 36.4 Å². The number of rotatable bonds is 4. The number of benzene rings is 1. The summed E-state index contributed by atoms with van der Waals surface area (Å²) in [5.74, 6) is 0.870. The molecular weight excluding hydrogens is 238 g/mol. The Morgan fingerprint density at radius 1 is 1.32 bits per heavy atom. The van der Waals surface area contributed by atoms with Crippen LogP contribution >= 0.6 is 0 Å². The Labute approximate surface area is 112 Å². The molecule has 0 fully saturated rings. The van der Waals surface area contributed by atoms with Crippen LogP contribution in [-0.4, -0.2) is 17.4 Å². The van der Waals surface area contributed by atoms with Crippen molar-refractivity contribution in [2.24, 2.45) is 5.73 Å². The predicted molar refractivity (Wildman–Crippen MR) is 76.6 cm³/mol. The minimum absolute atomic E-state index is 0.0413. The fourth-order valence-electron chi connectivity index (χ4n) is 1.92. The number of nitrogens with two attached hydrogens (primary N) is 1. The summed E-state index contributed by atoms with van der Waals surface area (Å²) in [6.07, 6.45) is 0. The smallest absolute Gasteiger partial charge is 0.124 e. The normalized spacial score (nSPS) is 10.2. The molecule has 98 valence electrons. The van der Waals surface area contributed by atoms with E-state index in [1.165, 1.54) is 0 Å². The first-order valence-corrected chi connectivity index (χ1v) is 6.17. The lowest BCUT2D eigenvalue weighted by molar-refractivity contribution is 0.340. The minimum atomic E-state index is 0.0413. The molecule has 0 aliphatic rings. The third-order valence-corrected chi connectivity index (χ3v) is 2.82. The molecule has 0 spiro atoms. The molecule has 0 aliphatic carbocycles. The fourth-order valence-corrected chi connectivity index (χ4v) is 1.92. The maximum atomic E-state index is 7.46. The van der Waals surface area contributed by atoms with Gasteiger partial charge in [0.1, 0.15) is 11.6 Å². The molecule has 0 bridgehead atoms. The summed E-state index contributed by atoms with van der Waals surface area (Å²) in [5.41, 5.74) is 8.76. The number of aryl methyl sites for hydroxylation is 1. The third kappa shape index (κ3) is 2.91. The topological polar surface area (TPSA) is 72.0 Å². The summed E-state index contributed by atoms with van der Waals surface area (Å²) < 4.78 is 5.48. The van der Waals surface area contributed by atoms with Crippen molar-refractivity contribution in [1.82, 2.24) is 4.98 Å². The number of hydrogen-bond acceptors (Lipinski definition) is 3. The van der Waals surface area contributed by atoms with Crippen LogP contribution in [0.2, 0.25) is 0 Å². The Kier molecular flexibility index (Phi) is 3.80. The van der Waals surface area contributed by atoms with Gasteiger partial charge in [0.25, 0.3) is 0 Å². The molecule has 4 heteroatoms. The van der Waals surface area contributed by atoms with Crippen molar-refractivity contribution in [3.8, 4) is 17.0 Å². The first kappa shape index (κ1) is 13.1. The monoisotopic (exact) mass is 255 g/mol. The number of aromatic nitrogens is 1. The third-order valence-electron chi connectivity index (χ3n) is 2.82. The van der Waals surface area contributed by atoms with Crippen molar-refractivity contribution in [2.45, 2.75) is 13.8 Å². The Morgan fingerprint density at radius 2 is 2.11 bits per heavy atom. The van der Waals surface area contributed by atoms with Gasteiger partial charge in [-0.1, -0.05) is 12.1 Å². The molecular formula is C15H17N3O. The van der Waals surface area contributed by atoms with Crippen LogP contribution in [0, 0.1) is 12.3 Å². The quantitative estimate of drug-likeness (QED) is 0.651. The Morgan fingerprint density at radius 3 is 2.74 bits per heavy atom. The maximum absolute atomic E-state index is 7.46. The number of pyridine rings is 1. The van der Waals surface area contributed by atoms with E-state index in [9.17, 15) is 0 Å². The molecule has 1 aromatic carbocycles. The van der Waals surface area contributed by atoms with E-state index in [-0.39, 0.29) is 5.84 Å². The van der Waals surface area contributed by atoms with E-state index in [0.717, 1.165) is 22.7 Å². The van der Waals surface area contributed by atoms with Gasteiger partial charge in [0.05, 0.1) is 12.3 Å². The van der Waals surface area contributed by atoms with Crippen LogP contribution in [0.1, 0.15) is 18.2 Å². The second kappa shape index (κ2) is 5.52. The van der Waals surface area contributed by atoms with Crippen LogP contribution in [0.4, 0.5) is 0 Å². The molecule has 0 amide bonds. The van der Waals surface area contributed by atoms with Crippen molar-refractivity contribution in [3.05, 3.63) is 47.7 Å². The highest BCUT2D eigenvalue weighted by atomic mass is 16.5. The number of nitrogens with one attached hydrogen (secondary N) is 1. The van der Waals surface area contributed by atoms with E-state index in [0.29, 0.717) is 12.2 Å². The molecule has 0 aliphatic heterocycles. The minimum Gasteiger partial charge on any atom is -0.494 e. The van der Waals surface area contributed by atoms with E-state index in [1.54, 1.807) is 0 Å². The van der Waals surface area contributed by atoms with E-state index >= 15 is 0 Å². The lowest BCUT2D eigenvalue weighted by Crippen LogP contribution is -2.13. The summed E-state index contributed by atoms with van der Waals surface area (Å²) in [7, 11) is 0.